The zero-order valence-corrected chi connectivity index (χ0v) is 17.6. The Balaban J connectivity index is 1.55. The second-order valence-electron chi connectivity index (χ2n) is 6.79. The summed E-state index contributed by atoms with van der Waals surface area (Å²) in [6.45, 7) is 1.30. The topological polar surface area (TPSA) is 84.9 Å². The fraction of sp³-hybridized carbons (Fsp3) is 0.350. The molecule has 2 aromatic rings. The van der Waals surface area contributed by atoms with Gasteiger partial charge in [-0.3, -0.25) is 4.79 Å². The van der Waals surface area contributed by atoms with E-state index in [-0.39, 0.29) is 21.8 Å². The predicted molar refractivity (Wildman–Crippen MR) is 111 cm³/mol. The van der Waals surface area contributed by atoms with Crippen molar-refractivity contribution in [1.29, 1.82) is 0 Å². The summed E-state index contributed by atoms with van der Waals surface area (Å²) >= 11 is 1.53. The fourth-order valence-electron chi connectivity index (χ4n) is 3.43. The highest BCUT2D eigenvalue weighted by Gasteiger charge is 2.31. The van der Waals surface area contributed by atoms with Crippen molar-refractivity contribution in [1.82, 2.24) is 4.31 Å². The molecule has 2 aliphatic rings. The average molecular weight is 435 g/mol. The lowest BCUT2D eigenvalue weighted by molar-refractivity contribution is -0.115. The smallest absolute Gasteiger partial charge is 0.246 e. The Kier molecular flexibility index (Phi) is 5.82. The Morgan fingerprint density at radius 1 is 1.21 bits per heavy atom. The first kappa shape index (κ1) is 20.2. The van der Waals surface area contributed by atoms with Crippen molar-refractivity contribution in [2.75, 3.05) is 38.7 Å². The summed E-state index contributed by atoms with van der Waals surface area (Å²) in [5.74, 6) is 0.100. The Bertz CT molecular complexity index is 994. The minimum Gasteiger partial charge on any atom is -0.495 e. The number of rotatable bonds is 5. The molecule has 7 nitrogen and oxygen atoms in total. The van der Waals surface area contributed by atoms with Gasteiger partial charge in [-0.1, -0.05) is 18.2 Å². The van der Waals surface area contributed by atoms with E-state index in [1.807, 2.05) is 24.3 Å². The number of hydrogen-bond donors (Lipinski definition) is 1. The van der Waals surface area contributed by atoms with Gasteiger partial charge >= 0.3 is 0 Å². The quantitative estimate of drug-likeness (QED) is 0.778. The van der Waals surface area contributed by atoms with Crippen LogP contribution in [0.3, 0.4) is 0 Å². The molecule has 0 aromatic heterocycles. The van der Waals surface area contributed by atoms with Crippen LogP contribution in [0.4, 0.5) is 5.69 Å². The molecule has 29 heavy (non-hydrogen) atoms. The van der Waals surface area contributed by atoms with Crippen molar-refractivity contribution in [2.45, 2.75) is 21.5 Å². The van der Waals surface area contributed by atoms with Crippen LogP contribution in [0.15, 0.2) is 52.3 Å². The van der Waals surface area contributed by atoms with Gasteiger partial charge in [-0.2, -0.15) is 4.31 Å². The molecular formula is C20H22N2O5S2. The van der Waals surface area contributed by atoms with Crippen LogP contribution in [-0.2, 0) is 26.0 Å². The lowest BCUT2D eigenvalue weighted by atomic mass is 10.1. The molecule has 0 spiro atoms. The normalized spacial score (nSPS) is 19.6. The summed E-state index contributed by atoms with van der Waals surface area (Å²) in [6.07, 6.45) is 0.655. The number of nitrogens with one attached hydrogen (secondary N) is 1. The highest BCUT2D eigenvalue weighted by molar-refractivity contribution is 8.01. The van der Waals surface area contributed by atoms with E-state index in [9.17, 15) is 13.2 Å². The highest BCUT2D eigenvalue weighted by Crippen LogP contribution is 2.37. The lowest BCUT2D eigenvalue weighted by Crippen LogP contribution is -2.40. The molecule has 1 amide bonds. The molecular weight excluding hydrogens is 412 g/mol. The predicted octanol–water partition coefficient (Wildman–Crippen LogP) is 2.37. The molecule has 2 aromatic carbocycles. The van der Waals surface area contributed by atoms with Gasteiger partial charge in [0.15, 0.2) is 0 Å². The van der Waals surface area contributed by atoms with E-state index in [0.717, 1.165) is 10.5 Å². The van der Waals surface area contributed by atoms with Gasteiger partial charge in [0.2, 0.25) is 15.9 Å². The number of benzene rings is 2. The molecule has 0 bridgehead atoms. The van der Waals surface area contributed by atoms with E-state index < -0.39 is 10.0 Å². The molecule has 1 saturated heterocycles. The number of ether oxygens (including phenoxy) is 2. The monoisotopic (exact) mass is 434 g/mol. The molecule has 1 unspecified atom stereocenters. The molecule has 9 heteroatoms. The number of morpholine rings is 1. The van der Waals surface area contributed by atoms with E-state index in [1.54, 1.807) is 12.1 Å². The van der Waals surface area contributed by atoms with Gasteiger partial charge in [0.25, 0.3) is 0 Å². The van der Waals surface area contributed by atoms with E-state index in [1.165, 1.54) is 29.2 Å². The third kappa shape index (κ3) is 4.13. The first-order chi connectivity index (χ1) is 14.0. The van der Waals surface area contributed by atoms with Crippen LogP contribution in [0, 0.1) is 0 Å². The summed E-state index contributed by atoms with van der Waals surface area (Å²) in [6, 6.07) is 12.6. The van der Waals surface area contributed by atoms with Crippen LogP contribution in [-0.4, -0.2) is 57.3 Å². The molecule has 0 radical (unpaired) electrons. The van der Waals surface area contributed by atoms with Crippen LogP contribution in [0.2, 0.25) is 0 Å². The zero-order chi connectivity index (χ0) is 20.4. The Morgan fingerprint density at radius 2 is 1.97 bits per heavy atom. The van der Waals surface area contributed by atoms with Crippen LogP contribution < -0.4 is 10.1 Å². The number of fused-ring (bicyclic) bond motifs is 1. The van der Waals surface area contributed by atoms with Gasteiger partial charge in [-0.15, -0.1) is 11.8 Å². The summed E-state index contributed by atoms with van der Waals surface area (Å²) in [7, 11) is -2.33. The maximum Gasteiger partial charge on any atom is 0.246 e. The van der Waals surface area contributed by atoms with Crippen molar-refractivity contribution in [2.24, 2.45) is 0 Å². The fourth-order valence-corrected chi connectivity index (χ4v) is 6.22. The number of nitrogens with zero attached hydrogens (tertiary/aromatic N) is 1. The number of thioether (sulfide) groups is 1. The summed E-state index contributed by atoms with van der Waals surface area (Å²) in [5.41, 5.74) is 1.59. The van der Waals surface area contributed by atoms with E-state index in [2.05, 4.69) is 5.32 Å². The molecule has 0 saturated carbocycles. The number of anilines is 1. The van der Waals surface area contributed by atoms with Crippen molar-refractivity contribution in [3.8, 4) is 5.75 Å². The van der Waals surface area contributed by atoms with Gasteiger partial charge in [0, 0.05) is 23.7 Å². The second kappa shape index (κ2) is 8.35. The van der Waals surface area contributed by atoms with Gasteiger partial charge in [-0.25, -0.2) is 8.42 Å². The number of amides is 1. The van der Waals surface area contributed by atoms with Gasteiger partial charge in [0.05, 0.1) is 25.6 Å². The van der Waals surface area contributed by atoms with Gasteiger partial charge in [0.1, 0.15) is 10.6 Å². The molecule has 2 heterocycles. The maximum atomic E-state index is 13.1. The maximum absolute atomic E-state index is 13.1. The molecule has 4 rings (SSSR count). The Morgan fingerprint density at radius 3 is 2.69 bits per heavy atom. The average Bonchev–Trinajstić information content (AvgIpc) is 3.19. The van der Waals surface area contributed by atoms with E-state index >= 15 is 0 Å². The summed E-state index contributed by atoms with van der Waals surface area (Å²) < 4.78 is 38.1. The number of carbonyl (C=O) groups is 1. The van der Waals surface area contributed by atoms with E-state index in [0.29, 0.717) is 38.4 Å². The molecule has 154 valence electrons. The number of hydrogen-bond acceptors (Lipinski definition) is 6. The zero-order valence-electron chi connectivity index (χ0n) is 16.0. The van der Waals surface area contributed by atoms with Crippen LogP contribution in [0.1, 0.15) is 5.56 Å². The Hall–Kier alpha value is -2.07. The van der Waals surface area contributed by atoms with Crippen molar-refractivity contribution in [3.63, 3.8) is 0 Å². The molecule has 1 atom stereocenters. The first-order valence-corrected chi connectivity index (χ1v) is 11.6. The third-order valence-electron chi connectivity index (χ3n) is 4.96. The first-order valence-electron chi connectivity index (χ1n) is 9.30. The van der Waals surface area contributed by atoms with E-state index in [4.69, 9.17) is 9.47 Å². The number of methoxy groups -OCH3 is 1. The van der Waals surface area contributed by atoms with Crippen molar-refractivity contribution in [3.05, 3.63) is 48.0 Å². The number of carbonyl (C=O) groups excluding carboxylic acids is 1. The molecule has 1 fully saturated rings. The third-order valence-corrected chi connectivity index (χ3v) is 8.20. The standard InChI is InChI=1S/C20H22N2O5S2/c1-26-16-7-6-15(13-19(16)29(24,25)22-8-10-27-11-9-22)21-20(23)18-12-14-4-2-3-5-17(14)28-18/h2-7,13,18H,8-12H2,1H3,(H,21,23). The minimum absolute atomic E-state index is 0.0436. The highest BCUT2D eigenvalue weighted by atomic mass is 32.2. The summed E-state index contributed by atoms with van der Waals surface area (Å²) in [4.78, 5) is 13.9. The van der Waals surface area contributed by atoms with Crippen molar-refractivity contribution >= 4 is 33.4 Å². The van der Waals surface area contributed by atoms with Crippen LogP contribution in [0.5, 0.6) is 5.75 Å². The Labute approximate surface area is 174 Å². The molecule has 0 aliphatic carbocycles. The second-order valence-corrected chi connectivity index (χ2v) is 9.94. The summed E-state index contributed by atoms with van der Waals surface area (Å²) in [5, 5.41) is 2.62. The van der Waals surface area contributed by atoms with Gasteiger partial charge < -0.3 is 14.8 Å². The SMILES string of the molecule is COc1ccc(NC(=O)C2Cc3ccccc3S2)cc1S(=O)(=O)N1CCOCC1. The van der Waals surface area contributed by atoms with Crippen LogP contribution in [0.25, 0.3) is 0 Å². The lowest BCUT2D eigenvalue weighted by Gasteiger charge is -2.27. The minimum atomic E-state index is -3.75. The van der Waals surface area contributed by atoms with Crippen molar-refractivity contribution < 1.29 is 22.7 Å². The number of sulfonamides is 1. The van der Waals surface area contributed by atoms with Crippen LogP contribution >= 0.6 is 11.8 Å². The molecule has 2 aliphatic heterocycles. The largest absolute Gasteiger partial charge is 0.495 e. The molecule has 1 N–H and O–H groups in total. The van der Waals surface area contributed by atoms with Gasteiger partial charge in [-0.05, 0) is 36.2 Å².